The summed E-state index contributed by atoms with van der Waals surface area (Å²) in [5.41, 5.74) is -0.745. The summed E-state index contributed by atoms with van der Waals surface area (Å²) in [5.74, 6) is 1.72. The molecule has 1 saturated carbocycles. The van der Waals surface area contributed by atoms with Gasteiger partial charge < -0.3 is 14.6 Å². The van der Waals surface area contributed by atoms with Gasteiger partial charge in [-0.3, -0.25) is 9.59 Å². The highest BCUT2D eigenvalue weighted by atomic mass is 16.3. The van der Waals surface area contributed by atoms with Crippen molar-refractivity contribution in [3.8, 4) is 0 Å². The quantitative estimate of drug-likeness (QED) is 0.912. The zero-order valence-corrected chi connectivity index (χ0v) is 12.1. The Kier molecular flexibility index (Phi) is 2.88. The number of piperazine rings is 1. The van der Waals surface area contributed by atoms with E-state index in [1.807, 2.05) is 26.0 Å². The molecule has 2 aliphatic rings. The number of carbonyl (C=O) groups is 2. The highest BCUT2D eigenvalue weighted by Crippen LogP contribution is 2.42. The summed E-state index contributed by atoms with van der Waals surface area (Å²) in [6.45, 7) is 5.82. The van der Waals surface area contributed by atoms with Gasteiger partial charge in [-0.2, -0.15) is 0 Å². The third kappa shape index (κ3) is 2.01. The summed E-state index contributed by atoms with van der Waals surface area (Å²) in [5, 5.41) is 2.91. The number of nitrogens with one attached hydrogen (secondary N) is 1. The van der Waals surface area contributed by atoms with Crippen LogP contribution < -0.4 is 5.32 Å². The lowest BCUT2D eigenvalue weighted by atomic mass is 9.89. The third-order valence-corrected chi connectivity index (χ3v) is 4.45. The predicted octanol–water partition coefficient (Wildman–Crippen LogP) is 1.60. The Balaban J connectivity index is 1.86. The summed E-state index contributed by atoms with van der Waals surface area (Å²) >= 11 is 0. The van der Waals surface area contributed by atoms with Crippen molar-refractivity contribution in [3.05, 3.63) is 23.7 Å². The van der Waals surface area contributed by atoms with E-state index in [0.717, 1.165) is 24.4 Å². The number of furan rings is 1. The van der Waals surface area contributed by atoms with E-state index in [1.165, 1.54) is 0 Å². The molecule has 20 heavy (non-hydrogen) atoms. The van der Waals surface area contributed by atoms with Crippen molar-refractivity contribution in [2.75, 3.05) is 0 Å². The molecule has 1 aromatic heterocycles. The first-order valence-corrected chi connectivity index (χ1v) is 7.10. The van der Waals surface area contributed by atoms with Gasteiger partial charge in [0, 0.05) is 0 Å². The second kappa shape index (κ2) is 4.36. The molecule has 0 radical (unpaired) electrons. The van der Waals surface area contributed by atoms with Crippen LogP contribution in [0.2, 0.25) is 0 Å². The van der Waals surface area contributed by atoms with Crippen molar-refractivity contribution < 1.29 is 14.0 Å². The van der Waals surface area contributed by atoms with Crippen LogP contribution in [0, 0.1) is 12.8 Å². The Morgan fingerprint density at radius 3 is 2.65 bits per heavy atom. The Morgan fingerprint density at radius 1 is 1.40 bits per heavy atom. The summed E-state index contributed by atoms with van der Waals surface area (Å²) in [7, 11) is 0. The maximum Gasteiger partial charge on any atom is 0.249 e. The summed E-state index contributed by atoms with van der Waals surface area (Å²) in [4.78, 5) is 26.6. The minimum Gasteiger partial charge on any atom is -0.464 e. The number of nitrogens with zero attached hydrogens (tertiary/aromatic N) is 1. The zero-order valence-electron chi connectivity index (χ0n) is 12.1. The van der Waals surface area contributed by atoms with E-state index in [2.05, 4.69) is 5.32 Å². The molecular formula is C15H20N2O3. The molecule has 1 N–H and O–H groups in total. The van der Waals surface area contributed by atoms with Crippen LogP contribution in [0.5, 0.6) is 0 Å². The average molecular weight is 276 g/mol. The van der Waals surface area contributed by atoms with Gasteiger partial charge in [-0.1, -0.05) is 0 Å². The Morgan fingerprint density at radius 2 is 2.10 bits per heavy atom. The number of hydrogen-bond acceptors (Lipinski definition) is 3. The smallest absolute Gasteiger partial charge is 0.249 e. The molecule has 2 fully saturated rings. The fraction of sp³-hybridized carbons (Fsp3) is 0.600. The molecule has 0 spiro atoms. The molecule has 1 aliphatic carbocycles. The topological polar surface area (TPSA) is 62.6 Å². The molecule has 5 heteroatoms. The van der Waals surface area contributed by atoms with Crippen molar-refractivity contribution in [3.63, 3.8) is 0 Å². The molecule has 2 amide bonds. The molecular weight excluding hydrogens is 256 g/mol. The number of hydrogen-bond donors (Lipinski definition) is 1. The van der Waals surface area contributed by atoms with Crippen LogP contribution in [0.15, 0.2) is 16.5 Å². The van der Waals surface area contributed by atoms with Crippen LogP contribution in [0.4, 0.5) is 0 Å². The van der Waals surface area contributed by atoms with Crippen molar-refractivity contribution >= 4 is 11.8 Å². The maximum absolute atomic E-state index is 12.8. The molecule has 1 aliphatic heterocycles. The van der Waals surface area contributed by atoms with Crippen LogP contribution in [-0.2, 0) is 16.1 Å². The molecule has 1 aromatic rings. The number of aryl methyl sites for hydroxylation is 1. The van der Waals surface area contributed by atoms with E-state index in [-0.39, 0.29) is 17.7 Å². The highest BCUT2D eigenvalue weighted by Gasteiger charge is 2.54. The van der Waals surface area contributed by atoms with Gasteiger partial charge in [0.1, 0.15) is 23.1 Å². The lowest BCUT2D eigenvalue weighted by Crippen LogP contribution is -2.69. The number of amides is 2. The van der Waals surface area contributed by atoms with Gasteiger partial charge in [0.05, 0.1) is 6.54 Å². The van der Waals surface area contributed by atoms with Crippen LogP contribution in [0.1, 0.15) is 38.2 Å². The van der Waals surface area contributed by atoms with Gasteiger partial charge >= 0.3 is 0 Å². The predicted molar refractivity (Wildman–Crippen MR) is 72.7 cm³/mol. The molecule has 2 atom stereocenters. The molecule has 3 rings (SSSR count). The normalized spacial score (nSPS) is 30.6. The fourth-order valence-corrected chi connectivity index (χ4v) is 2.91. The summed E-state index contributed by atoms with van der Waals surface area (Å²) in [6.07, 6.45) is 2.01. The van der Waals surface area contributed by atoms with Crippen molar-refractivity contribution in [1.29, 1.82) is 0 Å². The Labute approximate surface area is 118 Å². The van der Waals surface area contributed by atoms with Crippen LogP contribution >= 0.6 is 0 Å². The van der Waals surface area contributed by atoms with E-state index >= 15 is 0 Å². The average Bonchev–Trinajstić information content (AvgIpc) is 3.17. The molecule has 0 bridgehead atoms. The fourth-order valence-electron chi connectivity index (χ4n) is 2.91. The van der Waals surface area contributed by atoms with E-state index in [9.17, 15) is 9.59 Å². The summed E-state index contributed by atoms with van der Waals surface area (Å²) < 4.78 is 5.54. The first-order valence-electron chi connectivity index (χ1n) is 7.10. The lowest BCUT2D eigenvalue weighted by molar-refractivity contribution is -0.155. The van der Waals surface area contributed by atoms with Gasteiger partial charge in [0.2, 0.25) is 11.8 Å². The van der Waals surface area contributed by atoms with E-state index in [4.69, 9.17) is 4.42 Å². The van der Waals surface area contributed by atoms with Gasteiger partial charge in [-0.25, -0.2) is 0 Å². The third-order valence-electron chi connectivity index (χ3n) is 4.45. The molecule has 5 nitrogen and oxygen atoms in total. The van der Waals surface area contributed by atoms with Crippen LogP contribution in [0.3, 0.4) is 0 Å². The molecule has 2 unspecified atom stereocenters. The van der Waals surface area contributed by atoms with E-state index in [0.29, 0.717) is 6.54 Å². The zero-order chi connectivity index (χ0) is 14.5. The molecule has 108 valence electrons. The number of carbonyl (C=O) groups excluding carboxylic acids is 2. The van der Waals surface area contributed by atoms with E-state index < -0.39 is 11.6 Å². The monoisotopic (exact) mass is 276 g/mol. The SMILES string of the molecule is Cc1ccc(CN2C(=O)C(C)(C3CC3)NC(=O)C2C)o1. The van der Waals surface area contributed by atoms with E-state index in [1.54, 1.807) is 11.8 Å². The summed E-state index contributed by atoms with van der Waals surface area (Å²) in [6, 6.07) is 3.27. The first kappa shape index (κ1) is 13.2. The second-order valence-electron chi connectivity index (χ2n) is 6.09. The van der Waals surface area contributed by atoms with Crippen molar-refractivity contribution in [1.82, 2.24) is 10.2 Å². The van der Waals surface area contributed by atoms with Gasteiger partial charge in [-0.15, -0.1) is 0 Å². The van der Waals surface area contributed by atoms with Crippen LogP contribution in [-0.4, -0.2) is 28.3 Å². The first-order chi connectivity index (χ1) is 9.41. The minimum absolute atomic E-state index is 0.00107. The maximum atomic E-state index is 12.8. The van der Waals surface area contributed by atoms with Crippen LogP contribution in [0.25, 0.3) is 0 Å². The van der Waals surface area contributed by atoms with Gasteiger partial charge in [0.15, 0.2) is 0 Å². The largest absolute Gasteiger partial charge is 0.464 e. The second-order valence-corrected chi connectivity index (χ2v) is 6.09. The molecule has 0 aromatic carbocycles. The van der Waals surface area contributed by atoms with Crippen molar-refractivity contribution in [2.45, 2.75) is 51.7 Å². The van der Waals surface area contributed by atoms with Crippen molar-refractivity contribution in [2.24, 2.45) is 5.92 Å². The highest BCUT2D eigenvalue weighted by molar-refractivity contribution is 5.99. The molecule has 1 saturated heterocycles. The minimum atomic E-state index is -0.745. The van der Waals surface area contributed by atoms with Gasteiger partial charge in [0.25, 0.3) is 0 Å². The Hall–Kier alpha value is -1.78. The number of rotatable bonds is 3. The standard InChI is InChI=1S/C15H20N2O3/c1-9-4-7-12(20-9)8-17-10(2)13(18)16-15(3,14(17)19)11-5-6-11/h4,7,10-11H,5-6,8H2,1-3H3,(H,16,18). The Bertz CT molecular complexity index is 561. The molecule has 2 heterocycles. The lowest BCUT2D eigenvalue weighted by Gasteiger charge is -2.43. The van der Waals surface area contributed by atoms with Gasteiger partial charge in [-0.05, 0) is 51.7 Å².